The summed E-state index contributed by atoms with van der Waals surface area (Å²) in [6, 6.07) is -0.485. The zero-order valence-corrected chi connectivity index (χ0v) is 11.4. The molecule has 1 aliphatic carbocycles. The van der Waals surface area contributed by atoms with E-state index >= 15 is 0 Å². The van der Waals surface area contributed by atoms with E-state index in [0.29, 0.717) is 6.54 Å². The highest BCUT2D eigenvalue weighted by atomic mass is 16.2. The van der Waals surface area contributed by atoms with Gasteiger partial charge in [-0.1, -0.05) is 13.3 Å². The molecule has 0 spiro atoms. The Bertz CT molecular complexity index is 413. The molecule has 0 aromatic heterocycles. The highest BCUT2D eigenvalue weighted by Crippen LogP contribution is 2.16. The van der Waals surface area contributed by atoms with Crippen LogP contribution in [0.2, 0.25) is 0 Å². The number of unbranched alkanes of at least 4 members (excludes halogenated alkanes) is 1. The predicted molar refractivity (Wildman–Crippen MR) is 71.5 cm³/mol. The molecule has 1 aliphatic rings. The Balaban J connectivity index is 2.16. The SMILES string of the molecule is CCCCNC(=O)NNC(=O)CCC1C(=O)C=CC1=O. The lowest BCUT2D eigenvalue weighted by Crippen LogP contribution is -2.47. The number of urea groups is 1. The van der Waals surface area contributed by atoms with Crippen molar-refractivity contribution in [2.75, 3.05) is 6.54 Å². The van der Waals surface area contributed by atoms with Crippen LogP contribution in [0.25, 0.3) is 0 Å². The third kappa shape index (κ3) is 5.21. The monoisotopic (exact) mass is 281 g/mol. The minimum Gasteiger partial charge on any atom is -0.337 e. The van der Waals surface area contributed by atoms with Gasteiger partial charge in [0.1, 0.15) is 0 Å². The normalized spacial score (nSPS) is 14.4. The predicted octanol–water partition coefficient (Wildman–Crippen LogP) is 0.221. The minimum atomic E-state index is -0.751. The molecule has 0 aromatic rings. The Kier molecular flexibility index (Phi) is 6.42. The Morgan fingerprint density at radius 3 is 2.40 bits per heavy atom. The molecule has 7 nitrogen and oxygen atoms in total. The molecule has 0 radical (unpaired) electrons. The quantitative estimate of drug-likeness (QED) is 0.368. The van der Waals surface area contributed by atoms with Crippen molar-refractivity contribution in [1.29, 1.82) is 0 Å². The molecule has 0 aliphatic heterocycles. The molecular weight excluding hydrogens is 262 g/mol. The summed E-state index contributed by atoms with van der Waals surface area (Å²) in [5.41, 5.74) is 4.42. The van der Waals surface area contributed by atoms with Gasteiger partial charge in [0.25, 0.3) is 0 Å². The summed E-state index contributed by atoms with van der Waals surface area (Å²) < 4.78 is 0. The number of hydrazine groups is 1. The first-order valence-corrected chi connectivity index (χ1v) is 6.63. The zero-order chi connectivity index (χ0) is 15.0. The fraction of sp³-hybridized carbons (Fsp3) is 0.538. The standard InChI is InChI=1S/C13H19N3O4/c1-2-3-8-14-13(20)16-15-12(19)7-4-9-10(17)5-6-11(9)18/h5-6,9H,2-4,7-8H2,1H3,(H,15,19)(H2,14,16,20). The van der Waals surface area contributed by atoms with Gasteiger partial charge < -0.3 is 5.32 Å². The molecule has 20 heavy (non-hydrogen) atoms. The Morgan fingerprint density at radius 2 is 1.80 bits per heavy atom. The number of hydrogen-bond donors (Lipinski definition) is 3. The number of carbonyl (C=O) groups excluding carboxylic acids is 4. The lowest BCUT2D eigenvalue weighted by atomic mass is 9.99. The van der Waals surface area contributed by atoms with Crippen LogP contribution >= 0.6 is 0 Å². The molecule has 110 valence electrons. The summed E-state index contributed by atoms with van der Waals surface area (Å²) in [7, 11) is 0. The van der Waals surface area contributed by atoms with Gasteiger partial charge in [-0.15, -0.1) is 0 Å². The third-order valence-electron chi connectivity index (χ3n) is 2.89. The molecule has 0 atom stereocenters. The van der Waals surface area contributed by atoms with Gasteiger partial charge in [0.15, 0.2) is 11.6 Å². The molecule has 1 rings (SSSR count). The van der Waals surface area contributed by atoms with E-state index in [-0.39, 0.29) is 24.4 Å². The van der Waals surface area contributed by atoms with Crippen molar-refractivity contribution in [3.05, 3.63) is 12.2 Å². The summed E-state index contributed by atoms with van der Waals surface area (Å²) in [4.78, 5) is 45.3. The van der Waals surface area contributed by atoms with Crippen molar-refractivity contribution in [1.82, 2.24) is 16.2 Å². The summed E-state index contributed by atoms with van der Waals surface area (Å²) in [5, 5.41) is 2.57. The van der Waals surface area contributed by atoms with Gasteiger partial charge in [0.2, 0.25) is 5.91 Å². The van der Waals surface area contributed by atoms with Gasteiger partial charge in [-0.2, -0.15) is 0 Å². The number of allylic oxidation sites excluding steroid dienone is 2. The smallest absolute Gasteiger partial charge is 0.333 e. The van der Waals surface area contributed by atoms with E-state index in [1.165, 1.54) is 12.2 Å². The first-order chi connectivity index (χ1) is 9.54. The maximum Gasteiger partial charge on any atom is 0.333 e. The fourth-order valence-corrected chi connectivity index (χ4v) is 1.71. The van der Waals surface area contributed by atoms with E-state index in [9.17, 15) is 19.2 Å². The Morgan fingerprint density at radius 1 is 1.15 bits per heavy atom. The molecule has 0 saturated heterocycles. The summed E-state index contributed by atoms with van der Waals surface area (Å²) >= 11 is 0. The van der Waals surface area contributed by atoms with E-state index < -0.39 is 17.9 Å². The van der Waals surface area contributed by atoms with Crippen molar-refractivity contribution < 1.29 is 19.2 Å². The molecule has 7 heteroatoms. The second kappa shape index (κ2) is 8.08. The molecule has 0 unspecified atom stereocenters. The third-order valence-corrected chi connectivity index (χ3v) is 2.89. The Labute approximate surface area is 117 Å². The molecule has 3 amide bonds. The number of carbonyl (C=O) groups is 4. The average Bonchev–Trinajstić information content (AvgIpc) is 2.74. The number of hydrogen-bond acceptors (Lipinski definition) is 4. The van der Waals surface area contributed by atoms with Crippen LogP contribution in [0.4, 0.5) is 4.79 Å². The lowest BCUT2D eigenvalue weighted by Gasteiger charge is -2.09. The van der Waals surface area contributed by atoms with E-state index in [2.05, 4.69) is 16.2 Å². The van der Waals surface area contributed by atoms with Crippen LogP contribution in [0.1, 0.15) is 32.6 Å². The highest BCUT2D eigenvalue weighted by molar-refractivity contribution is 6.18. The molecular formula is C13H19N3O4. The number of amides is 3. The minimum absolute atomic E-state index is 0.000926. The molecule has 0 saturated carbocycles. The van der Waals surface area contributed by atoms with E-state index in [1.807, 2.05) is 6.92 Å². The second-order valence-corrected chi connectivity index (χ2v) is 4.51. The molecule has 0 aromatic carbocycles. The molecule has 0 bridgehead atoms. The maximum atomic E-state index is 11.5. The van der Waals surface area contributed by atoms with Gasteiger partial charge in [0, 0.05) is 13.0 Å². The number of nitrogens with one attached hydrogen (secondary N) is 3. The van der Waals surface area contributed by atoms with E-state index in [0.717, 1.165) is 12.8 Å². The van der Waals surface area contributed by atoms with Gasteiger partial charge in [-0.3, -0.25) is 19.8 Å². The van der Waals surface area contributed by atoms with Crippen LogP contribution < -0.4 is 16.2 Å². The molecule has 3 N–H and O–H groups in total. The first-order valence-electron chi connectivity index (χ1n) is 6.63. The van der Waals surface area contributed by atoms with Crippen molar-refractivity contribution in [2.24, 2.45) is 5.92 Å². The van der Waals surface area contributed by atoms with Gasteiger partial charge >= 0.3 is 6.03 Å². The van der Waals surface area contributed by atoms with Gasteiger partial charge in [-0.25, -0.2) is 10.2 Å². The topological polar surface area (TPSA) is 104 Å². The zero-order valence-electron chi connectivity index (χ0n) is 11.4. The van der Waals surface area contributed by atoms with E-state index in [1.54, 1.807) is 0 Å². The largest absolute Gasteiger partial charge is 0.337 e. The summed E-state index contributed by atoms with van der Waals surface area (Å²) in [6.45, 7) is 2.54. The molecule has 0 fully saturated rings. The lowest BCUT2D eigenvalue weighted by molar-refractivity contribution is -0.126. The van der Waals surface area contributed by atoms with Crippen LogP contribution in [-0.4, -0.2) is 30.0 Å². The number of rotatable bonds is 6. The van der Waals surface area contributed by atoms with Crippen molar-refractivity contribution >= 4 is 23.5 Å². The maximum absolute atomic E-state index is 11.5. The van der Waals surface area contributed by atoms with Gasteiger partial charge in [0.05, 0.1) is 5.92 Å². The summed E-state index contributed by atoms with van der Waals surface area (Å²) in [6.07, 6.45) is 4.42. The fourth-order valence-electron chi connectivity index (χ4n) is 1.71. The average molecular weight is 281 g/mol. The van der Waals surface area contributed by atoms with Crippen LogP contribution in [-0.2, 0) is 14.4 Å². The van der Waals surface area contributed by atoms with Crippen LogP contribution in [0, 0.1) is 5.92 Å². The van der Waals surface area contributed by atoms with Crippen molar-refractivity contribution in [3.8, 4) is 0 Å². The first kappa shape index (κ1) is 15.9. The van der Waals surface area contributed by atoms with E-state index in [4.69, 9.17) is 0 Å². The number of ketones is 2. The Hall–Kier alpha value is -2.18. The van der Waals surface area contributed by atoms with Crippen LogP contribution in [0.3, 0.4) is 0 Å². The highest BCUT2D eigenvalue weighted by Gasteiger charge is 2.28. The van der Waals surface area contributed by atoms with Gasteiger partial charge in [-0.05, 0) is 25.0 Å². The van der Waals surface area contributed by atoms with Crippen molar-refractivity contribution in [3.63, 3.8) is 0 Å². The second-order valence-electron chi connectivity index (χ2n) is 4.51. The summed E-state index contributed by atoms with van der Waals surface area (Å²) in [5.74, 6) is -1.73. The van der Waals surface area contributed by atoms with Crippen LogP contribution in [0.5, 0.6) is 0 Å². The van der Waals surface area contributed by atoms with Crippen LogP contribution in [0.15, 0.2) is 12.2 Å². The molecule has 0 heterocycles. The van der Waals surface area contributed by atoms with Crippen molar-refractivity contribution in [2.45, 2.75) is 32.6 Å².